The molecular weight excluding hydrogens is 221 g/mol. The second kappa shape index (κ2) is 4.01. The van der Waals surface area contributed by atoms with E-state index < -0.39 is 8.32 Å². The largest absolute Gasteiger partial charge is 0.531 e. The van der Waals surface area contributed by atoms with Gasteiger partial charge in [0.2, 0.25) is 5.90 Å². The van der Waals surface area contributed by atoms with Gasteiger partial charge in [-0.25, -0.2) is 4.39 Å². The van der Waals surface area contributed by atoms with Gasteiger partial charge < -0.3 is 4.43 Å². The fourth-order valence-corrected chi connectivity index (χ4v) is 2.98. The number of benzene rings is 1. The first-order valence-electron chi connectivity index (χ1n) is 5.48. The molecule has 0 saturated heterocycles. The molecular formula is C12H16FNOSi. The molecule has 4 heteroatoms. The zero-order chi connectivity index (χ0) is 11.8. The molecule has 0 aromatic heterocycles. The molecule has 1 aromatic carbocycles. The Labute approximate surface area is 96.3 Å². The molecule has 0 bridgehead atoms. The lowest BCUT2D eigenvalue weighted by Crippen LogP contribution is -2.42. The number of hydrogen-bond donors (Lipinski definition) is 0. The molecule has 1 heterocycles. The zero-order valence-corrected chi connectivity index (χ0v) is 10.8. The standard InChI is InChI=1S/C12H16FNOSi/c1-9-8-14-12(15-16(9,2)3)10-4-6-11(13)7-5-10/h4-7,9H,8H2,1-3H3. The van der Waals surface area contributed by atoms with Crippen molar-refractivity contribution in [2.75, 3.05) is 6.54 Å². The van der Waals surface area contributed by atoms with Crippen molar-refractivity contribution in [2.24, 2.45) is 4.99 Å². The first-order chi connectivity index (χ1) is 7.49. The average molecular weight is 237 g/mol. The smallest absolute Gasteiger partial charge is 0.251 e. The average Bonchev–Trinajstić information content (AvgIpc) is 2.23. The van der Waals surface area contributed by atoms with E-state index in [-0.39, 0.29) is 5.82 Å². The van der Waals surface area contributed by atoms with Crippen LogP contribution in [0.5, 0.6) is 0 Å². The van der Waals surface area contributed by atoms with Gasteiger partial charge in [-0.05, 0) is 37.4 Å². The number of hydrogen-bond acceptors (Lipinski definition) is 2. The van der Waals surface area contributed by atoms with E-state index in [1.165, 1.54) is 12.1 Å². The monoisotopic (exact) mass is 237 g/mol. The molecule has 1 aliphatic heterocycles. The normalized spacial score (nSPS) is 23.5. The molecule has 0 fully saturated rings. The molecule has 0 aliphatic carbocycles. The summed E-state index contributed by atoms with van der Waals surface area (Å²) in [6.45, 7) is 7.37. The first-order valence-corrected chi connectivity index (χ1v) is 8.47. The molecule has 1 atom stereocenters. The van der Waals surface area contributed by atoms with Gasteiger partial charge in [0.15, 0.2) is 0 Å². The predicted octanol–water partition coefficient (Wildman–Crippen LogP) is 3.20. The molecule has 0 radical (unpaired) electrons. The molecule has 1 unspecified atom stereocenters. The van der Waals surface area contributed by atoms with E-state index in [1.54, 1.807) is 12.1 Å². The quantitative estimate of drug-likeness (QED) is 0.687. The summed E-state index contributed by atoms with van der Waals surface area (Å²) in [6.07, 6.45) is 0. The Kier molecular flexibility index (Phi) is 2.84. The summed E-state index contributed by atoms with van der Waals surface area (Å²) in [6, 6.07) is 6.31. The highest BCUT2D eigenvalue weighted by Crippen LogP contribution is 2.28. The Morgan fingerprint density at radius 2 is 1.94 bits per heavy atom. The molecule has 2 nitrogen and oxygen atoms in total. The Hall–Kier alpha value is -1.16. The highest BCUT2D eigenvalue weighted by Gasteiger charge is 2.36. The van der Waals surface area contributed by atoms with Crippen molar-refractivity contribution in [3.63, 3.8) is 0 Å². The van der Waals surface area contributed by atoms with Crippen LogP contribution in [0.4, 0.5) is 4.39 Å². The van der Waals surface area contributed by atoms with Gasteiger partial charge in [-0.3, -0.25) is 4.99 Å². The van der Waals surface area contributed by atoms with Crippen LogP contribution in [0.1, 0.15) is 12.5 Å². The lowest BCUT2D eigenvalue weighted by molar-refractivity contribution is 0.498. The number of nitrogens with zero attached hydrogens (tertiary/aromatic N) is 1. The molecule has 1 aromatic rings. The Balaban J connectivity index is 2.26. The third-order valence-corrected chi connectivity index (χ3v) is 6.42. The minimum atomic E-state index is -1.68. The maximum absolute atomic E-state index is 12.8. The lowest BCUT2D eigenvalue weighted by Gasteiger charge is -2.34. The van der Waals surface area contributed by atoms with Gasteiger partial charge in [0, 0.05) is 17.6 Å². The minimum Gasteiger partial charge on any atom is -0.531 e. The summed E-state index contributed by atoms with van der Waals surface area (Å²) in [7, 11) is -1.68. The number of halogens is 1. The van der Waals surface area contributed by atoms with Crippen LogP contribution in [0.15, 0.2) is 29.3 Å². The molecule has 86 valence electrons. The van der Waals surface area contributed by atoms with Crippen molar-refractivity contribution in [3.8, 4) is 0 Å². The van der Waals surface area contributed by atoms with Crippen LogP contribution in [0.25, 0.3) is 0 Å². The zero-order valence-electron chi connectivity index (χ0n) is 9.83. The first kappa shape index (κ1) is 11.3. The van der Waals surface area contributed by atoms with E-state index in [9.17, 15) is 4.39 Å². The van der Waals surface area contributed by atoms with Crippen LogP contribution >= 0.6 is 0 Å². The van der Waals surface area contributed by atoms with Crippen LogP contribution in [0, 0.1) is 5.82 Å². The van der Waals surface area contributed by atoms with Crippen LogP contribution < -0.4 is 0 Å². The summed E-state index contributed by atoms with van der Waals surface area (Å²) < 4.78 is 18.8. The van der Waals surface area contributed by atoms with Crippen molar-refractivity contribution in [2.45, 2.75) is 25.6 Å². The van der Waals surface area contributed by atoms with Crippen molar-refractivity contribution in [1.82, 2.24) is 0 Å². The summed E-state index contributed by atoms with van der Waals surface area (Å²) in [4.78, 5) is 4.41. The van der Waals surface area contributed by atoms with Crippen molar-refractivity contribution in [1.29, 1.82) is 0 Å². The second-order valence-electron chi connectivity index (χ2n) is 4.76. The molecule has 0 spiro atoms. The van der Waals surface area contributed by atoms with Gasteiger partial charge >= 0.3 is 0 Å². The van der Waals surface area contributed by atoms with Gasteiger partial charge in [0.1, 0.15) is 5.82 Å². The van der Waals surface area contributed by atoms with Gasteiger partial charge in [0.05, 0.1) is 0 Å². The highest BCUT2D eigenvalue weighted by molar-refractivity contribution is 6.74. The van der Waals surface area contributed by atoms with E-state index in [1.807, 2.05) is 0 Å². The minimum absolute atomic E-state index is 0.231. The van der Waals surface area contributed by atoms with E-state index in [2.05, 4.69) is 25.0 Å². The summed E-state index contributed by atoms with van der Waals surface area (Å²) >= 11 is 0. The van der Waals surface area contributed by atoms with Crippen LogP contribution in [0.3, 0.4) is 0 Å². The third kappa shape index (κ3) is 2.16. The summed E-state index contributed by atoms with van der Waals surface area (Å²) in [5, 5.41) is 0. The lowest BCUT2D eigenvalue weighted by atomic mass is 10.2. The topological polar surface area (TPSA) is 21.6 Å². The van der Waals surface area contributed by atoms with Crippen molar-refractivity contribution < 1.29 is 8.82 Å². The summed E-state index contributed by atoms with van der Waals surface area (Å²) in [5.41, 5.74) is 1.39. The Morgan fingerprint density at radius 3 is 2.50 bits per heavy atom. The maximum Gasteiger partial charge on any atom is 0.251 e. The van der Waals surface area contributed by atoms with Gasteiger partial charge in [-0.1, -0.05) is 6.92 Å². The number of aliphatic imine (C=N–C) groups is 1. The highest BCUT2D eigenvalue weighted by atomic mass is 28.4. The van der Waals surface area contributed by atoms with Crippen molar-refractivity contribution >= 4 is 14.2 Å². The van der Waals surface area contributed by atoms with Gasteiger partial charge in [-0.2, -0.15) is 0 Å². The van der Waals surface area contributed by atoms with Crippen molar-refractivity contribution in [3.05, 3.63) is 35.6 Å². The van der Waals surface area contributed by atoms with Gasteiger partial charge in [0.25, 0.3) is 8.32 Å². The molecule has 0 N–H and O–H groups in total. The molecule has 0 saturated carbocycles. The fourth-order valence-electron chi connectivity index (χ4n) is 1.56. The van der Waals surface area contributed by atoms with E-state index in [0.717, 1.165) is 12.1 Å². The van der Waals surface area contributed by atoms with Crippen LogP contribution in [0.2, 0.25) is 18.6 Å². The van der Waals surface area contributed by atoms with E-state index >= 15 is 0 Å². The van der Waals surface area contributed by atoms with Gasteiger partial charge in [-0.15, -0.1) is 0 Å². The van der Waals surface area contributed by atoms with Crippen LogP contribution in [-0.4, -0.2) is 20.8 Å². The van der Waals surface area contributed by atoms with Crippen LogP contribution in [-0.2, 0) is 4.43 Å². The van der Waals surface area contributed by atoms with E-state index in [4.69, 9.17) is 4.43 Å². The molecule has 16 heavy (non-hydrogen) atoms. The molecule has 1 aliphatic rings. The summed E-state index contributed by atoms with van der Waals surface area (Å²) in [5.74, 6) is 0.444. The third-order valence-electron chi connectivity index (χ3n) is 3.15. The Bertz CT molecular complexity index is 414. The fraction of sp³-hybridized carbons (Fsp3) is 0.417. The maximum atomic E-state index is 12.8. The number of rotatable bonds is 1. The predicted molar refractivity (Wildman–Crippen MR) is 65.8 cm³/mol. The SMILES string of the molecule is CC1CN=C(c2ccc(F)cc2)O[Si]1(C)C. The molecule has 2 rings (SSSR count). The second-order valence-corrected chi connectivity index (χ2v) is 9.16. The molecule has 0 amide bonds. The Morgan fingerprint density at radius 1 is 1.31 bits per heavy atom. The van der Waals surface area contributed by atoms with E-state index in [0.29, 0.717) is 11.4 Å².